The number of carbonyl (C=O) groups excluding carboxylic acids is 1. The molecule has 0 spiro atoms. The SMILES string of the molecule is COc1c(-c2cc(C(=O)Nc3ccc(CN4CCN(C)CC4)c(C(F)(F)F)c3)ccc2C)cc2cnc(N)nc2c1Br. The van der Waals surface area contributed by atoms with Crippen LogP contribution in [0.15, 0.2) is 53.1 Å². The lowest BCUT2D eigenvalue weighted by Crippen LogP contribution is -2.44. The number of amides is 1. The summed E-state index contributed by atoms with van der Waals surface area (Å²) in [7, 11) is 3.52. The average molecular weight is 644 g/mol. The van der Waals surface area contributed by atoms with Crippen LogP contribution in [-0.4, -0.2) is 66.0 Å². The molecule has 0 bridgehead atoms. The van der Waals surface area contributed by atoms with E-state index >= 15 is 0 Å². The number of nitrogens with zero attached hydrogens (tertiary/aromatic N) is 4. The summed E-state index contributed by atoms with van der Waals surface area (Å²) >= 11 is 3.56. The van der Waals surface area contributed by atoms with Crippen molar-refractivity contribution in [3.8, 4) is 16.9 Å². The number of halogens is 4. The molecule has 1 saturated heterocycles. The fourth-order valence-corrected chi connectivity index (χ4v) is 5.79. The summed E-state index contributed by atoms with van der Waals surface area (Å²) in [6, 6.07) is 10.9. The molecule has 8 nitrogen and oxygen atoms in total. The molecule has 0 unspecified atom stereocenters. The molecule has 3 aromatic carbocycles. The standard InChI is InChI=1S/C30H30BrF3N6O2/c1-17-4-5-18(12-22(17)23-13-20-15-36-29(35)38-26(20)25(31)27(23)42-3)28(41)37-21-7-6-19(24(14-21)30(32,33)34)16-40-10-8-39(2)9-11-40/h4-7,12-15H,8-11,16H2,1-3H3,(H,37,41)(H2,35,36,38). The number of hydrogen-bond donors (Lipinski definition) is 2. The highest BCUT2D eigenvalue weighted by atomic mass is 79.9. The van der Waals surface area contributed by atoms with Crippen LogP contribution in [0, 0.1) is 6.92 Å². The Kier molecular flexibility index (Phi) is 8.40. The molecule has 12 heteroatoms. The highest BCUT2D eigenvalue weighted by Crippen LogP contribution is 2.42. The van der Waals surface area contributed by atoms with Gasteiger partial charge in [-0.3, -0.25) is 9.69 Å². The maximum Gasteiger partial charge on any atom is 0.416 e. The third-order valence-electron chi connectivity index (χ3n) is 7.44. The number of hydrogen-bond acceptors (Lipinski definition) is 7. The van der Waals surface area contributed by atoms with Crippen molar-refractivity contribution >= 4 is 44.4 Å². The molecule has 0 atom stereocenters. The molecule has 1 aliphatic rings. The maximum atomic E-state index is 14.1. The van der Waals surface area contributed by atoms with Gasteiger partial charge in [-0.1, -0.05) is 12.1 Å². The first kappa shape index (κ1) is 29.7. The van der Waals surface area contributed by atoms with Crippen molar-refractivity contribution in [3.05, 3.63) is 75.4 Å². The molecule has 1 amide bonds. The summed E-state index contributed by atoms with van der Waals surface area (Å²) < 4.78 is 48.4. The largest absolute Gasteiger partial charge is 0.495 e. The van der Waals surface area contributed by atoms with Crippen LogP contribution in [0.25, 0.3) is 22.0 Å². The number of nitrogens with one attached hydrogen (secondary N) is 1. The van der Waals surface area contributed by atoms with Gasteiger partial charge in [0.15, 0.2) is 0 Å². The number of fused-ring (bicyclic) bond motifs is 1. The van der Waals surface area contributed by atoms with Crippen molar-refractivity contribution < 1.29 is 22.7 Å². The number of anilines is 2. The van der Waals surface area contributed by atoms with Gasteiger partial charge in [-0.05, 0) is 76.9 Å². The van der Waals surface area contributed by atoms with Crippen molar-refractivity contribution in [1.82, 2.24) is 19.8 Å². The lowest BCUT2D eigenvalue weighted by molar-refractivity contribution is -0.138. The Labute approximate surface area is 249 Å². The van der Waals surface area contributed by atoms with Gasteiger partial charge in [0.2, 0.25) is 5.95 Å². The molecule has 2 heterocycles. The second kappa shape index (κ2) is 11.9. The molecule has 3 N–H and O–H groups in total. The van der Waals surface area contributed by atoms with Crippen LogP contribution in [-0.2, 0) is 12.7 Å². The van der Waals surface area contributed by atoms with E-state index < -0.39 is 17.6 Å². The normalized spacial score (nSPS) is 14.7. The Morgan fingerprint density at radius 2 is 1.83 bits per heavy atom. The number of ether oxygens (including phenoxy) is 1. The molecule has 1 aromatic heterocycles. The third kappa shape index (κ3) is 6.20. The molecular weight excluding hydrogens is 613 g/mol. The number of alkyl halides is 3. The summed E-state index contributed by atoms with van der Waals surface area (Å²) in [6.07, 6.45) is -2.96. The van der Waals surface area contributed by atoms with Gasteiger partial charge in [0.05, 0.1) is 22.7 Å². The summed E-state index contributed by atoms with van der Waals surface area (Å²) in [5.41, 5.74) is 8.37. The Hall–Kier alpha value is -3.74. The summed E-state index contributed by atoms with van der Waals surface area (Å²) in [5, 5.41) is 3.35. The van der Waals surface area contributed by atoms with Crippen LogP contribution >= 0.6 is 15.9 Å². The van der Waals surface area contributed by atoms with Crippen LogP contribution in [0.3, 0.4) is 0 Å². The van der Waals surface area contributed by atoms with Gasteiger partial charge in [0, 0.05) is 61.1 Å². The van der Waals surface area contributed by atoms with E-state index in [2.05, 4.69) is 36.1 Å². The zero-order valence-electron chi connectivity index (χ0n) is 23.3. The third-order valence-corrected chi connectivity index (χ3v) is 8.18. The van der Waals surface area contributed by atoms with Gasteiger partial charge in [-0.2, -0.15) is 13.2 Å². The zero-order valence-corrected chi connectivity index (χ0v) is 24.9. The van der Waals surface area contributed by atoms with E-state index in [-0.39, 0.29) is 29.3 Å². The number of aromatic nitrogens is 2. The Morgan fingerprint density at radius 3 is 2.52 bits per heavy atom. The minimum absolute atomic E-state index is 0.0670. The Balaban J connectivity index is 1.44. The van der Waals surface area contributed by atoms with Gasteiger partial charge in [0.1, 0.15) is 5.75 Å². The van der Waals surface area contributed by atoms with E-state index in [0.717, 1.165) is 24.7 Å². The van der Waals surface area contributed by atoms with Crippen molar-refractivity contribution in [2.45, 2.75) is 19.6 Å². The number of rotatable bonds is 6. The molecule has 1 fully saturated rings. The number of piperazine rings is 1. The molecular formula is C30H30BrF3N6O2. The second-order valence-electron chi connectivity index (χ2n) is 10.4. The van der Waals surface area contributed by atoms with Crippen LogP contribution in [0.5, 0.6) is 5.75 Å². The van der Waals surface area contributed by atoms with Gasteiger partial charge >= 0.3 is 6.18 Å². The molecule has 4 aromatic rings. The number of likely N-dealkylation sites (N-methyl/N-ethyl adjacent to an activating group) is 1. The van der Waals surface area contributed by atoms with Gasteiger partial charge in [0.25, 0.3) is 5.91 Å². The first-order valence-corrected chi connectivity index (χ1v) is 14.1. The first-order valence-electron chi connectivity index (χ1n) is 13.3. The monoisotopic (exact) mass is 642 g/mol. The quantitative estimate of drug-likeness (QED) is 0.267. The number of benzene rings is 3. The summed E-state index contributed by atoms with van der Waals surface area (Å²) in [5.74, 6) is 0.0760. The Bertz CT molecular complexity index is 1650. The fraction of sp³-hybridized carbons (Fsp3) is 0.300. The van der Waals surface area contributed by atoms with Crippen LogP contribution in [0.4, 0.5) is 24.8 Å². The summed E-state index contributed by atoms with van der Waals surface area (Å²) in [6.45, 7) is 5.09. The molecule has 0 radical (unpaired) electrons. The highest BCUT2D eigenvalue weighted by molar-refractivity contribution is 9.10. The predicted molar refractivity (Wildman–Crippen MR) is 161 cm³/mol. The smallest absolute Gasteiger partial charge is 0.416 e. The van der Waals surface area contributed by atoms with Crippen LogP contribution in [0.2, 0.25) is 0 Å². The number of carbonyl (C=O) groups is 1. The first-order chi connectivity index (χ1) is 19.9. The molecule has 5 rings (SSSR count). The average Bonchev–Trinajstić information content (AvgIpc) is 2.95. The van der Waals surface area contributed by atoms with Gasteiger partial charge in [-0.15, -0.1) is 0 Å². The van der Waals surface area contributed by atoms with Crippen LogP contribution in [0.1, 0.15) is 27.0 Å². The van der Waals surface area contributed by atoms with E-state index in [9.17, 15) is 18.0 Å². The molecule has 42 heavy (non-hydrogen) atoms. The fourth-order valence-electron chi connectivity index (χ4n) is 5.09. The maximum absolute atomic E-state index is 14.1. The summed E-state index contributed by atoms with van der Waals surface area (Å²) in [4.78, 5) is 25.8. The molecule has 1 aliphatic heterocycles. The lowest BCUT2D eigenvalue weighted by Gasteiger charge is -2.33. The number of nitrogen functional groups attached to an aromatic ring is 1. The Morgan fingerprint density at radius 1 is 1.10 bits per heavy atom. The topological polar surface area (TPSA) is 96.6 Å². The van der Waals surface area contributed by atoms with Crippen LogP contribution < -0.4 is 15.8 Å². The van der Waals surface area contributed by atoms with E-state index in [4.69, 9.17) is 10.5 Å². The second-order valence-corrected chi connectivity index (χ2v) is 11.2. The molecule has 0 aliphatic carbocycles. The van der Waals surface area contributed by atoms with Crippen molar-refractivity contribution in [2.75, 3.05) is 51.4 Å². The zero-order chi connectivity index (χ0) is 30.2. The minimum Gasteiger partial charge on any atom is -0.495 e. The predicted octanol–water partition coefficient (Wildman–Crippen LogP) is 5.98. The van der Waals surface area contributed by atoms with E-state index in [1.54, 1.807) is 24.4 Å². The minimum atomic E-state index is -4.56. The van der Waals surface area contributed by atoms with Crippen molar-refractivity contribution in [3.63, 3.8) is 0 Å². The van der Waals surface area contributed by atoms with E-state index in [0.29, 0.717) is 45.3 Å². The highest BCUT2D eigenvalue weighted by Gasteiger charge is 2.34. The number of nitrogens with two attached hydrogens (primary N) is 1. The molecule has 0 saturated carbocycles. The van der Waals surface area contributed by atoms with Gasteiger partial charge in [-0.25, -0.2) is 9.97 Å². The van der Waals surface area contributed by atoms with Crippen molar-refractivity contribution in [1.29, 1.82) is 0 Å². The van der Waals surface area contributed by atoms with Gasteiger partial charge < -0.3 is 20.7 Å². The van der Waals surface area contributed by atoms with E-state index in [1.165, 1.54) is 19.2 Å². The lowest BCUT2D eigenvalue weighted by atomic mass is 9.96. The number of aryl methyl sites for hydroxylation is 1. The van der Waals surface area contributed by atoms with Crippen molar-refractivity contribution in [2.24, 2.45) is 0 Å². The molecule has 220 valence electrons. The number of methoxy groups -OCH3 is 1. The van der Waals surface area contributed by atoms with E-state index in [1.807, 2.05) is 24.9 Å².